The first kappa shape index (κ1) is 11.8. The number of aliphatic hydroxyl groups is 1. The standard InChI is InChI=1S/C13H18O2/c1-9-6-5-7-13(3,4)12(9)11(15)8-10(2)14/h5-6,8,15H,7H2,1-4H3/b11-8-. The van der Waals surface area contributed by atoms with E-state index in [0.717, 1.165) is 17.6 Å². The molecule has 2 heteroatoms. The molecule has 0 unspecified atom stereocenters. The summed E-state index contributed by atoms with van der Waals surface area (Å²) >= 11 is 0. The molecule has 0 bridgehead atoms. The lowest BCUT2D eigenvalue weighted by Crippen LogP contribution is -2.19. The third-order valence-corrected chi connectivity index (χ3v) is 2.66. The summed E-state index contributed by atoms with van der Waals surface area (Å²) in [4.78, 5) is 10.9. The van der Waals surface area contributed by atoms with Crippen molar-refractivity contribution in [3.05, 3.63) is 35.1 Å². The molecule has 0 radical (unpaired) electrons. The molecule has 0 saturated carbocycles. The minimum absolute atomic E-state index is 0.102. The molecule has 0 atom stereocenters. The number of hydrogen-bond acceptors (Lipinski definition) is 2. The lowest BCUT2D eigenvalue weighted by Gasteiger charge is -2.30. The van der Waals surface area contributed by atoms with Crippen LogP contribution >= 0.6 is 0 Å². The van der Waals surface area contributed by atoms with Crippen LogP contribution in [0.1, 0.15) is 34.1 Å². The molecular formula is C13H18O2. The van der Waals surface area contributed by atoms with Gasteiger partial charge in [-0.2, -0.15) is 0 Å². The summed E-state index contributed by atoms with van der Waals surface area (Å²) in [6, 6.07) is 0. The molecule has 1 aliphatic rings. The van der Waals surface area contributed by atoms with Crippen LogP contribution in [0.5, 0.6) is 0 Å². The molecule has 82 valence electrons. The number of ketones is 1. The maximum atomic E-state index is 10.9. The molecule has 1 N–H and O–H groups in total. The van der Waals surface area contributed by atoms with Gasteiger partial charge in [0.25, 0.3) is 0 Å². The Balaban J connectivity index is 3.20. The zero-order chi connectivity index (χ0) is 11.6. The molecule has 0 aromatic rings. The average Bonchev–Trinajstić information content (AvgIpc) is 1.99. The quantitative estimate of drug-likeness (QED) is 0.556. The smallest absolute Gasteiger partial charge is 0.156 e. The van der Waals surface area contributed by atoms with Crippen molar-refractivity contribution in [2.24, 2.45) is 5.41 Å². The van der Waals surface area contributed by atoms with Crippen LogP contribution in [0, 0.1) is 5.41 Å². The summed E-state index contributed by atoms with van der Waals surface area (Å²) < 4.78 is 0. The summed E-state index contributed by atoms with van der Waals surface area (Å²) in [5.74, 6) is -0.0208. The van der Waals surface area contributed by atoms with Crippen LogP contribution in [0.15, 0.2) is 35.1 Å². The highest BCUT2D eigenvalue weighted by Crippen LogP contribution is 2.39. The van der Waals surface area contributed by atoms with Crippen molar-refractivity contribution in [1.82, 2.24) is 0 Å². The van der Waals surface area contributed by atoms with E-state index >= 15 is 0 Å². The molecule has 2 nitrogen and oxygen atoms in total. The Hall–Kier alpha value is -1.31. The maximum absolute atomic E-state index is 10.9. The predicted molar refractivity (Wildman–Crippen MR) is 61.6 cm³/mol. The van der Waals surface area contributed by atoms with E-state index < -0.39 is 0 Å². The molecule has 0 aliphatic heterocycles. The Morgan fingerprint density at radius 3 is 2.60 bits per heavy atom. The molecule has 0 heterocycles. The second-order valence-corrected chi connectivity index (χ2v) is 4.69. The van der Waals surface area contributed by atoms with Crippen LogP contribution < -0.4 is 0 Å². The van der Waals surface area contributed by atoms with Crippen molar-refractivity contribution in [2.75, 3.05) is 0 Å². The number of rotatable bonds is 2. The van der Waals surface area contributed by atoms with E-state index in [1.54, 1.807) is 0 Å². The summed E-state index contributed by atoms with van der Waals surface area (Å²) in [5, 5.41) is 9.90. The van der Waals surface area contributed by atoms with E-state index in [0.29, 0.717) is 0 Å². The fourth-order valence-corrected chi connectivity index (χ4v) is 2.06. The Morgan fingerprint density at radius 2 is 2.13 bits per heavy atom. The zero-order valence-electron chi connectivity index (χ0n) is 9.79. The first-order valence-electron chi connectivity index (χ1n) is 5.14. The van der Waals surface area contributed by atoms with Gasteiger partial charge in [0.1, 0.15) is 5.76 Å². The average molecular weight is 206 g/mol. The van der Waals surface area contributed by atoms with Gasteiger partial charge < -0.3 is 5.11 Å². The van der Waals surface area contributed by atoms with Crippen molar-refractivity contribution in [1.29, 1.82) is 0 Å². The summed E-state index contributed by atoms with van der Waals surface area (Å²) in [7, 11) is 0. The van der Waals surface area contributed by atoms with E-state index in [1.165, 1.54) is 13.0 Å². The largest absolute Gasteiger partial charge is 0.508 e. The Labute approximate surface area is 91.0 Å². The first-order valence-corrected chi connectivity index (χ1v) is 5.14. The molecule has 1 aliphatic carbocycles. The van der Waals surface area contributed by atoms with Gasteiger partial charge in [0.05, 0.1) is 0 Å². The van der Waals surface area contributed by atoms with Gasteiger partial charge >= 0.3 is 0 Å². The van der Waals surface area contributed by atoms with Crippen molar-refractivity contribution >= 4 is 5.78 Å². The number of hydrogen-bond donors (Lipinski definition) is 1. The monoisotopic (exact) mass is 206 g/mol. The number of carbonyl (C=O) groups excluding carboxylic acids is 1. The number of allylic oxidation sites excluding steroid dienone is 5. The third-order valence-electron chi connectivity index (χ3n) is 2.66. The third kappa shape index (κ3) is 2.58. The van der Waals surface area contributed by atoms with E-state index in [4.69, 9.17) is 0 Å². The highest BCUT2D eigenvalue weighted by Gasteiger charge is 2.28. The molecule has 0 aromatic heterocycles. The molecule has 0 fully saturated rings. The highest BCUT2D eigenvalue weighted by atomic mass is 16.3. The summed E-state index contributed by atoms with van der Waals surface area (Å²) in [5.41, 5.74) is 1.80. The molecule has 1 rings (SSSR count). The lowest BCUT2D eigenvalue weighted by molar-refractivity contribution is -0.112. The molecule has 15 heavy (non-hydrogen) atoms. The van der Waals surface area contributed by atoms with Crippen LogP contribution in [-0.2, 0) is 4.79 Å². The van der Waals surface area contributed by atoms with E-state index in [-0.39, 0.29) is 17.0 Å². The van der Waals surface area contributed by atoms with Crippen LogP contribution in [0.25, 0.3) is 0 Å². The summed E-state index contributed by atoms with van der Waals surface area (Å²) in [6.07, 6.45) is 6.26. The minimum atomic E-state index is -0.127. The van der Waals surface area contributed by atoms with E-state index in [1.807, 2.05) is 13.0 Å². The minimum Gasteiger partial charge on any atom is -0.508 e. The van der Waals surface area contributed by atoms with Crippen LogP contribution in [0.2, 0.25) is 0 Å². The fraction of sp³-hybridized carbons (Fsp3) is 0.462. The first-order chi connectivity index (χ1) is 6.84. The summed E-state index contributed by atoms with van der Waals surface area (Å²) in [6.45, 7) is 7.54. The molecule has 0 spiro atoms. The van der Waals surface area contributed by atoms with Gasteiger partial charge in [-0.15, -0.1) is 0 Å². The van der Waals surface area contributed by atoms with Crippen molar-refractivity contribution in [3.63, 3.8) is 0 Å². The fourth-order valence-electron chi connectivity index (χ4n) is 2.06. The maximum Gasteiger partial charge on any atom is 0.156 e. The SMILES string of the molecule is CC(=O)/C=C(\O)C1=C(C)C=CCC1(C)C. The van der Waals surface area contributed by atoms with Crippen LogP contribution in [0.3, 0.4) is 0 Å². The molecule has 0 aromatic carbocycles. The Bertz CT molecular complexity index is 368. The van der Waals surface area contributed by atoms with Crippen LogP contribution in [0.4, 0.5) is 0 Å². The topological polar surface area (TPSA) is 37.3 Å². The van der Waals surface area contributed by atoms with Gasteiger partial charge in [0.15, 0.2) is 5.78 Å². The van der Waals surface area contributed by atoms with Gasteiger partial charge in [0.2, 0.25) is 0 Å². The number of aliphatic hydroxyl groups excluding tert-OH is 1. The second kappa shape index (κ2) is 4.05. The Kier molecular flexibility index (Phi) is 3.18. The van der Waals surface area contributed by atoms with Gasteiger partial charge in [-0.3, -0.25) is 4.79 Å². The van der Waals surface area contributed by atoms with Crippen LogP contribution in [-0.4, -0.2) is 10.9 Å². The number of carbonyl (C=O) groups is 1. The van der Waals surface area contributed by atoms with Crippen molar-refractivity contribution in [2.45, 2.75) is 34.1 Å². The van der Waals surface area contributed by atoms with Gasteiger partial charge in [-0.25, -0.2) is 0 Å². The molecule has 0 saturated heterocycles. The predicted octanol–water partition coefficient (Wildman–Crippen LogP) is 3.32. The van der Waals surface area contributed by atoms with Crippen molar-refractivity contribution < 1.29 is 9.90 Å². The molecule has 0 amide bonds. The normalized spacial score (nSPS) is 20.7. The van der Waals surface area contributed by atoms with Gasteiger partial charge in [0, 0.05) is 11.6 Å². The Morgan fingerprint density at radius 1 is 1.53 bits per heavy atom. The highest BCUT2D eigenvalue weighted by molar-refractivity contribution is 5.88. The van der Waals surface area contributed by atoms with Gasteiger partial charge in [-0.1, -0.05) is 26.0 Å². The second-order valence-electron chi connectivity index (χ2n) is 4.69. The van der Waals surface area contributed by atoms with Crippen molar-refractivity contribution in [3.8, 4) is 0 Å². The van der Waals surface area contributed by atoms with E-state index in [9.17, 15) is 9.90 Å². The van der Waals surface area contributed by atoms with E-state index in [2.05, 4.69) is 19.9 Å². The van der Waals surface area contributed by atoms with Gasteiger partial charge in [-0.05, 0) is 31.3 Å². The zero-order valence-corrected chi connectivity index (χ0v) is 9.79. The molecular weight excluding hydrogens is 188 g/mol. The lowest BCUT2D eigenvalue weighted by atomic mass is 9.75.